The fourth-order valence-corrected chi connectivity index (χ4v) is 3.43. The highest BCUT2D eigenvalue weighted by molar-refractivity contribution is 6.00. The molecular weight excluding hydrogens is 546 g/mol. The minimum absolute atomic E-state index is 0.298. The molecule has 0 aliphatic heterocycles. The Morgan fingerprint density at radius 2 is 1.32 bits per heavy atom. The number of benzene rings is 1. The number of nitrogens with two attached hydrogens (primary N) is 1. The van der Waals surface area contributed by atoms with E-state index in [-0.39, 0.29) is 0 Å². The maximum atomic E-state index is 13.1. The topological polar surface area (TPSA) is 264 Å². The first kappa shape index (κ1) is 34.3. The highest BCUT2D eigenvalue weighted by Crippen LogP contribution is 2.15. The van der Waals surface area contributed by atoms with Gasteiger partial charge in [-0.1, -0.05) is 13.8 Å². The number of methoxy groups -OCH3 is 1. The van der Waals surface area contributed by atoms with E-state index in [2.05, 4.69) is 21.3 Å². The zero-order valence-corrected chi connectivity index (χ0v) is 22.7. The number of rotatable bonds is 17. The molecule has 16 nitrogen and oxygen atoms in total. The number of nitrogens with one attached hydrogen (secondary N) is 4. The number of carbonyl (C=O) groups is 7. The summed E-state index contributed by atoms with van der Waals surface area (Å²) in [5.74, 6) is -7.93. The number of ether oxygens (including phenoxy) is 1. The summed E-state index contributed by atoms with van der Waals surface area (Å²) in [6.45, 7) is 3.09. The average molecular weight is 582 g/mol. The fraction of sp³-hybridized carbons (Fsp3) is 0.480. The van der Waals surface area contributed by atoms with Crippen molar-refractivity contribution in [3.63, 3.8) is 0 Å². The number of carboxylic acid groups (broad SMARTS) is 3. The Balaban J connectivity index is 3.07. The van der Waals surface area contributed by atoms with Crippen LogP contribution in [-0.2, 0) is 33.6 Å². The van der Waals surface area contributed by atoms with Gasteiger partial charge in [-0.2, -0.15) is 0 Å². The summed E-state index contributed by atoms with van der Waals surface area (Å²) in [6.07, 6.45) is -2.51. The number of carboxylic acids is 3. The molecule has 0 spiro atoms. The zero-order valence-electron chi connectivity index (χ0n) is 22.7. The third-order valence-electron chi connectivity index (χ3n) is 5.63. The number of amides is 4. The predicted molar refractivity (Wildman–Crippen MR) is 142 cm³/mol. The molecule has 1 aromatic rings. The molecule has 0 aromatic heterocycles. The molecule has 9 N–H and O–H groups in total. The van der Waals surface area contributed by atoms with E-state index in [1.807, 2.05) is 0 Å². The van der Waals surface area contributed by atoms with Gasteiger partial charge in [0, 0.05) is 12.1 Å². The van der Waals surface area contributed by atoms with Gasteiger partial charge in [-0.15, -0.1) is 0 Å². The lowest BCUT2D eigenvalue weighted by Gasteiger charge is -2.27. The van der Waals surface area contributed by atoms with Crippen molar-refractivity contribution in [1.29, 1.82) is 0 Å². The molecule has 0 bridgehead atoms. The van der Waals surface area contributed by atoms with E-state index in [1.165, 1.54) is 19.2 Å². The van der Waals surface area contributed by atoms with Gasteiger partial charge in [-0.05, 0) is 36.6 Å². The standard InChI is InChI=1S/C25H35N5O11/c1-12(2)21(30-23(38)16(8-9-18(31)32)28-22(37)15(26)10-19(33)34)25(40)29-17(11-20(35)36)24(39)27-13-4-6-14(41-3)7-5-13/h4-7,12,15-17,21H,8-11,26H2,1-3H3,(H,27,39)(H,28,37)(H,29,40)(H,30,38)(H,31,32)(H,33,34)(H,35,36)/t15-,16-,17-,21-/m0/s1. The molecule has 0 fully saturated rings. The van der Waals surface area contributed by atoms with Crippen LogP contribution in [0.3, 0.4) is 0 Å². The fourth-order valence-electron chi connectivity index (χ4n) is 3.43. The number of carbonyl (C=O) groups excluding carboxylic acids is 4. The molecule has 1 rings (SSSR count). The summed E-state index contributed by atoms with van der Waals surface area (Å²) in [6, 6.07) is 0.195. The van der Waals surface area contributed by atoms with Crippen molar-refractivity contribution in [3.05, 3.63) is 24.3 Å². The van der Waals surface area contributed by atoms with Crippen LogP contribution in [-0.4, -0.2) is 88.1 Å². The second kappa shape index (κ2) is 16.4. The van der Waals surface area contributed by atoms with E-state index < -0.39 is 97.3 Å². The quantitative estimate of drug-likeness (QED) is 0.109. The molecule has 0 radical (unpaired) electrons. The number of hydrogen-bond donors (Lipinski definition) is 8. The van der Waals surface area contributed by atoms with Crippen LogP contribution in [0.4, 0.5) is 5.69 Å². The lowest BCUT2D eigenvalue weighted by atomic mass is 10.0. The molecule has 4 amide bonds. The molecule has 226 valence electrons. The van der Waals surface area contributed by atoms with Crippen molar-refractivity contribution in [1.82, 2.24) is 16.0 Å². The van der Waals surface area contributed by atoms with Gasteiger partial charge < -0.3 is 47.1 Å². The SMILES string of the molecule is COc1ccc(NC(=O)[C@H](CC(=O)O)NC(=O)[C@@H](NC(=O)[C@H](CCC(=O)O)NC(=O)[C@@H](N)CC(=O)O)C(C)C)cc1. The molecular formula is C25H35N5O11. The monoisotopic (exact) mass is 581 g/mol. The number of hydrogen-bond acceptors (Lipinski definition) is 9. The van der Waals surface area contributed by atoms with Crippen molar-refractivity contribution >= 4 is 47.2 Å². The Kier molecular flexibility index (Phi) is 13.7. The first-order chi connectivity index (χ1) is 19.1. The lowest BCUT2D eigenvalue weighted by Crippen LogP contribution is -2.59. The molecule has 0 unspecified atom stereocenters. The van der Waals surface area contributed by atoms with Gasteiger partial charge >= 0.3 is 17.9 Å². The van der Waals surface area contributed by atoms with Crippen LogP contribution >= 0.6 is 0 Å². The molecule has 4 atom stereocenters. The Morgan fingerprint density at radius 3 is 1.80 bits per heavy atom. The Morgan fingerprint density at radius 1 is 0.756 bits per heavy atom. The van der Waals surface area contributed by atoms with Crippen molar-refractivity contribution in [3.8, 4) is 5.75 Å². The first-order valence-electron chi connectivity index (χ1n) is 12.4. The van der Waals surface area contributed by atoms with Gasteiger partial charge in [0.1, 0.15) is 23.9 Å². The average Bonchev–Trinajstić information content (AvgIpc) is 2.88. The zero-order chi connectivity index (χ0) is 31.3. The largest absolute Gasteiger partial charge is 0.497 e. The maximum Gasteiger partial charge on any atom is 0.305 e. The minimum atomic E-state index is -1.54. The van der Waals surface area contributed by atoms with Crippen LogP contribution in [0, 0.1) is 5.92 Å². The molecule has 0 heterocycles. The Labute approximate surface area is 235 Å². The van der Waals surface area contributed by atoms with Crippen LogP contribution in [0.25, 0.3) is 0 Å². The van der Waals surface area contributed by atoms with Gasteiger partial charge in [-0.3, -0.25) is 33.6 Å². The van der Waals surface area contributed by atoms with Gasteiger partial charge in [0.2, 0.25) is 23.6 Å². The molecule has 1 aromatic carbocycles. The summed E-state index contributed by atoms with van der Waals surface area (Å²) in [5, 5.41) is 36.5. The van der Waals surface area contributed by atoms with E-state index in [0.717, 1.165) is 0 Å². The summed E-state index contributed by atoms with van der Waals surface area (Å²) >= 11 is 0. The van der Waals surface area contributed by atoms with Crippen LogP contribution in [0.15, 0.2) is 24.3 Å². The highest BCUT2D eigenvalue weighted by atomic mass is 16.5. The third kappa shape index (κ3) is 12.3. The van der Waals surface area contributed by atoms with Crippen LogP contribution < -0.4 is 31.7 Å². The molecule has 0 aliphatic rings. The van der Waals surface area contributed by atoms with Crippen LogP contribution in [0.2, 0.25) is 0 Å². The van der Waals surface area contributed by atoms with Crippen molar-refractivity contribution < 1.29 is 53.6 Å². The van der Waals surface area contributed by atoms with Gasteiger partial charge in [0.25, 0.3) is 0 Å². The Hall–Kier alpha value is -4.73. The predicted octanol–water partition coefficient (Wildman–Crippen LogP) is -1.11. The second-order valence-corrected chi connectivity index (χ2v) is 9.31. The highest BCUT2D eigenvalue weighted by Gasteiger charge is 2.33. The van der Waals surface area contributed by atoms with E-state index >= 15 is 0 Å². The van der Waals surface area contributed by atoms with E-state index in [0.29, 0.717) is 11.4 Å². The summed E-state index contributed by atoms with van der Waals surface area (Å²) < 4.78 is 5.03. The molecule has 0 aliphatic carbocycles. The summed E-state index contributed by atoms with van der Waals surface area (Å²) in [7, 11) is 1.45. The van der Waals surface area contributed by atoms with Gasteiger partial charge in [0.05, 0.1) is 26.0 Å². The van der Waals surface area contributed by atoms with Crippen LogP contribution in [0.5, 0.6) is 5.75 Å². The minimum Gasteiger partial charge on any atom is -0.497 e. The third-order valence-corrected chi connectivity index (χ3v) is 5.63. The Bertz CT molecular complexity index is 1120. The number of aliphatic carboxylic acids is 3. The van der Waals surface area contributed by atoms with Crippen LogP contribution in [0.1, 0.15) is 39.5 Å². The van der Waals surface area contributed by atoms with E-state index in [1.54, 1.807) is 26.0 Å². The summed E-state index contributed by atoms with van der Waals surface area (Å²) in [4.78, 5) is 84.5. The normalized spacial score (nSPS) is 13.6. The smallest absolute Gasteiger partial charge is 0.305 e. The van der Waals surface area contributed by atoms with Gasteiger partial charge in [-0.25, -0.2) is 0 Å². The molecule has 16 heteroatoms. The second-order valence-electron chi connectivity index (χ2n) is 9.31. The molecule has 0 saturated heterocycles. The van der Waals surface area contributed by atoms with E-state index in [4.69, 9.17) is 20.7 Å². The van der Waals surface area contributed by atoms with Crippen molar-refractivity contribution in [2.75, 3.05) is 12.4 Å². The summed E-state index contributed by atoms with van der Waals surface area (Å²) in [5.41, 5.74) is 5.81. The molecule has 0 saturated carbocycles. The van der Waals surface area contributed by atoms with Crippen molar-refractivity contribution in [2.45, 2.75) is 63.7 Å². The first-order valence-corrected chi connectivity index (χ1v) is 12.4. The number of anilines is 1. The lowest BCUT2D eigenvalue weighted by molar-refractivity contribution is -0.141. The maximum absolute atomic E-state index is 13.1. The van der Waals surface area contributed by atoms with Crippen molar-refractivity contribution in [2.24, 2.45) is 11.7 Å². The van der Waals surface area contributed by atoms with Gasteiger partial charge in [0.15, 0.2) is 0 Å². The van der Waals surface area contributed by atoms with E-state index in [9.17, 15) is 38.7 Å². The molecule has 41 heavy (non-hydrogen) atoms.